The fraction of sp³-hybridized carbons (Fsp3) is 0.240. The summed E-state index contributed by atoms with van der Waals surface area (Å²) >= 11 is 0. The average molecular weight is 453 g/mol. The van der Waals surface area contributed by atoms with Crippen LogP contribution < -0.4 is 5.32 Å². The molecule has 0 bridgehead atoms. The molecule has 3 N–H and O–H groups in total. The molecule has 0 aliphatic heterocycles. The minimum absolute atomic E-state index is 0.0210. The van der Waals surface area contributed by atoms with Crippen molar-refractivity contribution in [2.24, 2.45) is 0 Å². The van der Waals surface area contributed by atoms with Crippen LogP contribution in [0.2, 0.25) is 0 Å². The van der Waals surface area contributed by atoms with Gasteiger partial charge in [-0.25, -0.2) is 4.79 Å². The molecule has 168 valence electrons. The van der Waals surface area contributed by atoms with Gasteiger partial charge in [-0.15, -0.1) is 0 Å². The zero-order valence-corrected chi connectivity index (χ0v) is 18.9. The molecule has 0 saturated carbocycles. The molecule has 0 heterocycles. The fourth-order valence-electron chi connectivity index (χ4n) is 3.44. The van der Waals surface area contributed by atoms with Crippen molar-refractivity contribution in [3.63, 3.8) is 0 Å². The number of hydrogen-bond donors (Lipinski definition) is 3. The summed E-state index contributed by atoms with van der Waals surface area (Å²) in [4.78, 5) is 31.3. The van der Waals surface area contributed by atoms with Gasteiger partial charge in [0.15, 0.2) is 0 Å². The number of hydrogen-bond acceptors (Lipinski definition) is 3. The highest BCUT2D eigenvalue weighted by Gasteiger charge is 2.30. The smallest absolute Gasteiger partial charge is 0.408 e. The van der Waals surface area contributed by atoms with E-state index in [0.29, 0.717) is 6.42 Å². The molecular formula is C25H28NO5P. The van der Waals surface area contributed by atoms with Crippen molar-refractivity contribution in [2.75, 3.05) is 0 Å². The minimum Gasteiger partial charge on any atom is -0.445 e. The lowest BCUT2D eigenvalue weighted by molar-refractivity contribution is 0.136. The summed E-state index contributed by atoms with van der Waals surface area (Å²) in [6.07, 6.45) is 0.702. The highest BCUT2D eigenvalue weighted by Crippen LogP contribution is 2.42. The first-order chi connectivity index (χ1) is 15.4. The Hall–Kier alpha value is -2.92. The molecule has 0 radical (unpaired) electrons. The van der Waals surface area contributed by atoms with Crippen LogP contribution in [-0.2, 0) is 15.9 Å². The molecule has 6 nitrogen and oxygen atoms in total. The number of carbonyl (C=O) groups excluding carboxylic acids is 1. The standard InChI is InChI=1S/C25H28NO5P/c1-2-3-14-24(32(28,29)30)26-25(27)31-18-22-16-15-21(19-10-6-4-7-11-19)17-23(22)20-12-8-5-9-13-20/h4-13,15-17,24H,2-3,14,18H2,1H3,(H,26,27)(H2,28,29,30). The van der Waals surface area contributed by atoms with Gasteiger partial charge in [-0.1, -0.05) is 92.6 Å². The molecule has 7 heteroatoms. The molecule has 0 aromatic heterocycles. The predicted octanol–water partition coefficient (Wildman–Crippen LogP) is 5.94. The molecule has 32 heavy (non-hydrogen) atoms. The van der Waals surface area contributed by atoms with Gasteiger partial charge in [0.05, 0.1) is 0 Å². The van der Waals surface area contributed by atoms with Crippen LogP contribution in [0.5, 0.6) is 0 Å². The van der Waals surface area contributed by atoms with E-state index < -0.39 is 19.5 Å². The molecular weight excluding hydrogens is 425 g/mol. The van der Waals surface area contributed by atoms with E-state index in [2.05, 4.69) is 11.4 Å². The van der Waals surface area contributed by atoms with Gasteiger partial charge in [-0.2, -0.15) is 0 Å². The maximum atomic E-state index is 12.3. The summed E-state index contributed by atoms with van der Waals surface area (Å²) in [6, 6.07) is 25.7. The summed E-state index contributed by atoms with van der Waals surface area (Å²) in [5, 5.41) is 2.33. The molecule has 0 spiro atoms. The first-order valence-corrected chi connectivity index (χ1v) is 12.3. The van der Waals surface area contributed by atoms with Crippen LogP contribution in [0.15, 0.2) is 78.9 Å². The number of benzene rings is 3. The summed E-state index contributed by atoms with van der Waals surface area (Å²) in [5.41, 5.74) is 4.83. The number of amides is 1. The van der Waals surface area contributed by atoms with Gasteiger partial charge in [-0.05, 0) is 40.3 Å². The molecule has 1 amide bonds. The van der Waals surface area contributed by atoms with E-state index >= 15 is 0 Å². The van der Waals surface area contributed by atoms with Crippen molar-refractivity contribution >= 4 is 13.7 Å². The Morgan fingerprint density at radius 1 is 0.938 bits per heavy atom. The first kappa shape index (κ1) is 23.7. The van der Waals surface area contributed by atoms with E-state index in [1.165, 1.54) is 0 Å². The van der Waals surface area contributed by atoms with Gasteiger partial charge in [0, 0.05) is 0 Å². The molecule has 0 saturated heterocycles. The summed E-state index contributed by atoms with van der Waals surface area (Å²) < 4.78 is 17.0. The van der Waals surface area contributed by atoms with Gasteiger partial charge in [0.1, 0.15) is 12.4 Å². The monoisotopic (exact) mass is 453 g/mol. The second-order valence-corrected chi connectivity index (χ2v) is 9.37. The molecule has 1 atom stereocenters. The maximum absolute atomic E-state index is 12.3. The lowest BCUT2D eigenvalue weighted by atomic mass is 9.95. The van der Waals surface area contributed by atoms with Crippen molar-refractivity contribution in [1.82, 2.24) is 5.32 Å². The lowest BCUT2D eigenvalue weighted by Crippen LogP contribution is -2.35. The van der Waals surface area contributed by atoms with Gasteiger partial charge < -0.3 is 19.8 Å². The Balaban J connectivity index is 1.80. The van der Waals surface area contributed by atoms with E-state index in [-0.39, 0.29) is 13.0 Å². The Morgan fingerprint density at radius 2 is 1.56 bits per heavy atom. The normalized spacial score (nSPS) is 12.2. The van der Waals surface area contributed by atoms with Crippen LogP contribution in [0.25, 0.3) is 22.3 Å². The maximum Gasteiger partial charge on any atom is 0.408 e. The van der Waals surface area contributed by atoms with Crippen molar-refractivity contribution in [1.29, 1.82) is 0 Å². The van der Waals surface area contributed by atoms with Gasteiger partial charge in [0.2, 0.25) is 0 Å². The Labute approximate surface area is 188 Å². The zero-order chi connectivity index (χ0) is 23.0. The molecule has 1 unspecified atom stereocenters. The van der Waals surface area contributed by atoms with Crippen LogP contribution >= 0.6 is 7.60 Å². The highest BCUT2D eigenvalue weighted by molar-refractivity contribution is 7.52. The van der Waals surface area contributed by atoms with Crippen LogP contribution in [0.4, 0.5) is 4.79 Å². The summed E-state index contributed by atoms with van der Waals surface area (Å²) in [6.45, 7) is 1.89. The van der Waals surface area contributed by atoms with Crippen molar-refractivity contribution < 1.29 is 23.9 Å². The molecule has 3 aromatic rings. The van der Waals surface area contributed by atoms with E-state index in [1.807, 2.05) is 79.7 Å². The molecule has 0 fully saturated rings. The number of nitrogens with one attached hydrogen (secondary N) is 1. The number of carbonyl (C=O) groups is 1. The van der Waals surface area contributed by atoms with E-state index in [4.69, 9.17) is 4.74 Å². The highest BCUT2D eigenvalue weighted by atomic mass is 31.2. The van der Waals surface area contributed by atoms with Crippen LogP contribution in [0.1, 0.15) is 31.7 Å². The number of ether oxygens (including phenoxy) is 1. The summed E-state index contributed by atoms with van der Waals surface area (Å²) in [5.74, 6) is -1.25. The second kappa shape index (κ2) is 11.1. The van der Waals surface area contributed by atoms with Crippen molar-refractivity contribution in [3.8, 4) is 22.3 Å². The van der Waals surface area contributed by atoms with Crippen molar-refractivity contribution in [3.05, 3.63) is 84.4 Å². The predicted molar refractivity (Wildman–Crippen MR) is 126 cm³/mol. The molecule has 0 aliphatic rings. The Morgan fingerprint density at radius 3 is 2.16 bits per heavy atom. The minimum atomic E-state index is -4.46. The van der Waals surface area contributed by atoms with E-state index in [9.17, 15) is 19.1 Å². The van der Waals surface area contributed by atoms with Crippen LogP contribution in [0, 0.1) is 0 Å². The van der Waals surface area contributed by atoms with Gasteiger partial charge in [-0.3, -0.25) is 4.57 Å². The SMILES string of the molecule is CCCCC(NC(=O)OCc1ccc(-c2ccccc2)cc1-c1ccccc1)P(=O)(O)O. The molecule has 3 rings (SSSR count). The third-order valence-electron chi connectivity index (χ3n) is 5.18. The van der Waals surface area contributed by atoms with Crippen LogP contribution in [0.3, 0.4) is 0 Å². The van der Waals surface area contributed by atoms with E-state index in [1.54, 1.807) is 0 Å². The first-order valence-electron chi connectivity index (χ1n) is 10.6. The second-order valence-electron chi connectivity index (χ2n) is 7.57. The number of rotatable bonds is 9. The Kier molecular flexibility index (Phi) is 8.23. The van der Waals surface area contributed by atoms with Crippen LogP contribution in [-0.4, -0.2) is 21.7 Å². The number of alkyl carbamates (subject to hydrolysis) is 1. The molecule has 0 aliphatic carbocycles. The topological polar surface area (TPSA) is 95.9 Å². The van der Waals surface area contributed by atoms with Crippen molar-refractivity contribution in [2.45, 2.75) is 38.6 Å². The quantitative estimate of drug-likeness (QED) is 0.349. The largest absolute Gasteiger partial charge is 0.445 e. The summed E-state index contributed by atoms with van der Waals surface area (Å²) in [7, 11) is -4.46. The average Bonchev–Trinajstić information content (AvgIpc) is 2.80. The van der Waals surface area contributed by atoms with E-state index in [0.717, 1.165) is 34.2 Å². The zero-order valence-electron chi connectivity index (χ0n) is 18.0. The van der Waals surface area contributed by atoms with Gasteiger partial charge >= 0.3 is 13.7 Å². The lowest BCUT2D eigenvalue weighted by Gasteiger charge is -2.20. The third kappa shape index (κ3) is 6.54. The number of unbranched alkanes of at least 4 members (excludes halogenated alkanes) is 1. The molecule has 3 aromatic carbocycles. The Bertz CT molecular complexity index is 1070. The fourth-order valence-corrected chi connectivity index (χ4v) is 4.23. The van der Waals surface area contributed by atoms with Gasteiger partial charge in [0.25, 0.3) is 0 Å². The third-order valence-corrected chi connectivity index (χ3v) is 6.38.